The van der Waals surface area contributed by atoms with E-state index < -0.39 is 0 Å². The van der Waals surface area contributed by atoms with Crippen molar-refractivity contribution in [2.75, 3.05) is 7.05 Å². The van der Waals surface area contributed by atoms with Crippen molar-refractivity contribution in [1.82, 2.24) is 5.32 Å². The first-order valence-corrected chi connectivity index (χ1v) is 7.43. The average Bonchev–Trinajstić information content (AvgIpc) is 2.50. The lowest BCUT2D eigenvalue weighted by molar-refractivity contribution is 0.648. The molecule has 0 aromatic carbocycles. The first-order chi connectivity index (χ1) is 9.96. The summed E-state index contributed by atoms with van der Waals surface area (Å²) in [7, 11) is 1.75. The molecular weight excluding hydrogens is 285 g/mol. The van der Waals surface area contributed by atoms with Gasteiger partial charge in [-0.3, -0.25) is 0 Å². The molecule has 0 amide bonds. The maximum absolute atomic E-state index is 13.9. The van der Waals surface area contributed by atoms with E-state index in [4.69, 9.17) is 11.6 Å². The lowest BCUT2D eigenvalue weighted by Gasteiger charge is -2.16. The van der Waals surface area contributed by atoms with Crippen LogP contribution in [0.1, 0.15) is 34.1 Å². The van der Waals surface area contributed by atoms with E-state index >= 15 is 0 Å². The second-order valence-electron chi connectivity index (χ2n) is 4.34. The molecule has 0 aliphatic rings. The van der Waals surface area contributed by atoms with Crippen LogP contribution in [-0.4, -0.2) is 7.05 Å². The highest BCUT2D eigenvalue weighted by molar-refractivity contribution is 6.29. The van der Waals surface area contributed by atoms with Gasteiger partial charge in [0.25, 0.3) is 0 Å². The van der Waals surface area contributed by atoms with Gasteiger partial charge in [-0.15, -0.1) is 0 Å². The third-order valence-corrected chi connectivity index (χ3v) is 3.35. The van der Waals surface area contributed by atoms with Crippen LogP contribution in [0.5, 0.6) is 0 Å². The number of likely N-dealkylation sites (N-methyl/N-ethyl adjacent to an activating group) is 1. The number of halogens is 2. The van der Waals surface area contributed by atoms with Gasteiger partial charge in [0.15, 0.2) is 0 Å². The molecule has 0 unspecified atom stereocenters. The molecule has 0 atom stereocenters. The maximum atomic E-state index is 13.9. The highest BCUT2D eigenvalue weighted by Crippen LogP contribution is 2.27. The van der Waals surface area contributed by atoms with E-state index in [1.165, 1.54) is 6.08 Å². The molecule has 0 saturated carbocycles. The Labute approximate surface area is 133 Å². The fourth-order valence-corrected chi connectivity index (χ4v) is 1.93. The fraction of sp³-hybridized carbons (Fsp3) is 0.333. The fourth-order valence-electron chi connectivity index (χ4n) is 1.82. The van der Waals surface area contributed by atoms with Crippen LogP contribution in [0.2, 0.25) is 0 Å². The first-order valence-electron chi connectivity index (χ1n) is 7.05. The Kier molecular flexibility index (Phi) is 9.48. The van der Waals surface area contributed by atoms with E-state index in [0.717, 1.165) is 11.1 Å². The molecule has 3 heteroatoms. The van der Waals surface area contributed by atoms with Crippen LogP contribution in [0.4, 0.5) is 4.39 Å². The average molecular weight is 310 g/mol. The third kappa shape index (κ3) is 5.76. The summed E-state index contributed by atoms with van der Waals surface area (Å²) < 4.78 is 13.9. The normalized spacial score (nSPS) is 15.3. The second-order valence-corrected chi connectivity index (χ2v) is 4.83. The molecule has 0 heterocycles. The Morgan fingerprint density at radius 2 is 1.86 bits per heavy atom. The van der Waals surface area contributed by atoms with Crippen molar-refractivity contribution in [3.63, 3.8) is 0 Å². The predicted molar refractivity (Wildman–Crippen MR) is 92.9 cm³/mol. The maximum Gasteiger partial charge on any atom is 0.127 e. The monoisotopic (exact) mass is 309 g/mol. The molecule has 0 radical (unpaired) electrons. The molecule has 0 aromatic rings. The summed E-state index contributed by atoms with van der Waals surface area (Å²) in [5.41, 5.74) is 2.73. The molecule has 116 valence electrons. The summed E-state index contributed by atoms with van der Waals surface area (Å²) >= 11 is 6.19. The standard InChI is InChI=1S/C18H25ClFN/c1-7-11-14(8-2)16(12-15(19)9-3)18(21-6)13(5)17(20)10-4/h7-8,10-12,21H,5,9H2,1-4,6H3/b11-7-,14-8-,15-12+,17-10+,18-16+. The quantitative estimate of drug-likeness (QED) is 0.573. The van der Waals surface area contributed by atoms with Crippen LogP contribution in [0, 0.1) is 0 Å². The molecule has 0 spiro atoms. The minimum atomic E-state index is -0.353. The molecule has 0 fully saturated rings. The van der Waals surface area contributed by atoms with Crippen LogP contribution in [-0.2, 0) is 0 Å². The zero-order chi connectivity index (χ0) is 16.4. The van der Waals surface area contributed by atoms with E-state index in [1.54, 1.807) is 14.0 Å². The first kappa shape index (κ1) is 19.5. The minimum Gasteiger partial charge on any atom is -0.387 e. The molecule has 1 nitrogen and oxygen atoms in total. The van der Waals surface area contributed by atoms with Crippen LogP contribution < -0.4 is 5.32 Å². The lowest BCUT2D eigenvalue weighted by atomic mass is 9.97. The van der Waals surface area contributed by atoms with E-state index in [2.05, 4.69) is 11.9 Å². The number of hydrogen-bond donors (Lipinski definition) is 1. The van der Waals surface area contributed by atoms with Gasteiger partial charge in [-0.1, -0.05) is 49.4 Å². The summed E-state index contributed by atoms with van der Waals surface area (Å²) in [6, 6.07) is 0. The van der Waals surface area contributed by atoms with E-state index in [1.807, 2.05) is 45.1 Å². The Bertz CT molecular complexity index is 519. The van der Waals surface area contributed by atoms with Crippen molar-refractivity contribution in [3.8, 4) is 0 Å². The molecule has 0 rings (SSSR count). The van der Waals surface area contributed by atoms with Gasteiger partial charge in [-0.05, 0) is 38.8 Å². The zero-order valence-corrected chi connectivity index (χ0v) is 14.3. The largest absolute Gasteiger partial charge is 0.387 e. The zero-order valence-electron chi connectivity index (χ0n) is 13.6. The molecule has 0 saturated heterocycles. The Morgan fingerprint density at radius 3 is 2.24 bits per heavy atom. The molecule has 0 aromatic heterocycles. The van der Waals surface area contributed by atoms with Crippen molar-refractivity contribution >= 4 is 11.6 Å². The summed E-state index contributed by atoms with van der Waals surface area (Å²) in [5.74, 6) is -0.353. The number of nitrogens with one attached hydrogen (secondary N) is 1. The van der Waals surface area contributed by atoms with Gasteiger partial charge >= 0.3 is 0 Å². The van der Waals surface area contributed by atoms with Gasteiger partial charge in [0.2, 0.25) is 0 Å². The molecule has 0 aliphatic carbocycles. The summed E-state index contributed by atoms with van der Waals surface area (Å²) in [4.78, 5) is 0. The lowest BCUT2D eigenvalue weighted by Crippen LogP contribution is -2.12. The molecule has 1 N–H and O–H groups in total. The summed E-state index contributed by atoms with van der Waals surface area (Å²) in [6.45, 7) is 11.3. The highest BCUT2D eigenvalue weighted by atomic mass is 35.5. The molecule has 0 bridgehead atoms. The van der Waals surface area contributed by atoms with E-state index in [9.17, 15) is 4.39 Å². The topological polar surface area (TPSA) is 12.0 Å². The van der Waals surface area contributed by atoms with Crippen molar-refractivity contribution < 1.29 is 4.39 Å². The van der Waals surface area contributed by atoms with Gasteiger partial charge in [-0.25, -0.2) is 4.39 Å². The van der Waals surface area contributed by atoms with Crippen LogP contribution in [0.25, 0.3) is 0 Å². The Balaban J connectivity index is 6.29. The summed E-state index contributed by atoms with van der Waals surface area (Å²) in [6.07, 6.45) is 9.83. The van der Waals surface area contributed by atoms with Gasteiger partial charge in [0, 0.05) is 23.2 Å². The van der Waals surface area contributed by atoms with Gasteiger partial charge in [0.05, 0.1) is 5.70 Å². The van der Waals surface area contributed by atoms with Crippen molar-refractivity contribution in [3.05, 3.63) is 70.2 Å². The number of rotatable bonds is 7. The van der Waals surface area contributed by atoms with Gasteiger partial charge in [0.1, 0.15) is 5.83 Å². The third-order valence-electron chi connectivity index (χ3n) is 2.97. The summed E-state index contributed by atoms with van der Waals surface area (Å²) in [5, 5.41) is 3.75. The van der Waals surface area contributed by atoms with E-state index in [-0.39, 0.29) is 5.83 Å². The van der Waals surface area contributed by atoms with Crippen LogP contribution in [0.3, 0.4) is 0 Å². The predicted octanol–water partition coefficient (Wildman–Crippen LogP) is 5.94. The second kappa shape index (κ2) is 10.2. The van der Waals surface area contributed by atoms with Crippen molar-refractivity contribution in [2.24, 2.45) is 0 Å². The Hall–Kier alpha value is -1.54. The Morgan fingerprint density at radius 1 is 1.24 bits per heavy atom. The van der Waals surface area contributed by atoms with Crippen molar-refractivity contribution in [1.29, 1.82) is 0 Å². The highest BCUT2D eigenvalue weighted by Gasteiger charge is 2.13. The van der Waals surface area contributed by atoms with Gasteiger partial charge < -0.3 is 5.32 Å². The molecular formula is C18H25ClFN. The van der Waals surface area contributed by atoms with Crippen molar-refractivity contribution in [2.45, 2.75) is 34.1 Å². The minimum absolute atomic E-state index is 0.315. The number of hydrogen-bond acceptors (Lipinski definition) is 1. The van der Waals surface area contributed by atoms with Gasteiger partial charge in [-0.2, -0.15) is 0 Å². The smallest absolute Gasteiger partial charge is 0.127 e. The van der Waals surface area contributed by atoms with Crippen LogP contribution in [0.15, 0.2) is 70.2 Å². The van der Waals surface area contributed by atoms with E-state index in [0.29, 0.717) is 22.7 Å². The SMILES string of the molecule is C=C(/C(F)=C\C)/C(NC)=C(/C=C(/Cl)CC)C(\C=C/C)=C/C. The van der Waals surface area contributed by atoms with Crippen LogP contribution >= 0.6 is 11.6 Å². The molecule has 21 heavy (non-hydrogen) atoms. The number of allylic oxidation sites excluding steroid dienone is 9. The molecule has 0 aliphatic heterocycles.